The van der Waals surface area contributed by atoms with Crippen molar-refractivity contribution in [2.24, 2.45) is 5.73 Å². The van der Waals surface area contributed by atoms with Crippen LogP contribution >= 0.6 is 0 Å². The summed E-state index contributed by atoms with van der Waals surface area (Å²) >= 11 is 0. The molecular formula is C7H12N2O2. The van der Waals surface area contributed by atoms with E-state index in [1.807, 2.05) is 6.92 Å². The van der Waals surface area contributed by atoms with E-state index in [-0.39, 0.29) is 0 Å². The van der Waals surface area contributed by atoms with E-state index < -0.39 is 0 Å². The zero-order chi connectivity index (χ0) is 8.10. The lowest BCUT2D eigenvalue weighted by Crippen LogP contribution is -2.06. The van der Waals surface area contributed by atoms with E-state index in [0.717, 1.165) is 6.42 Å². The van der Waals surface area contributed by atoms with Crippen LogP contribution in [0.1, 0.15) is 12.2 Å². The third-order valence-electron chi connectivity index (χ3n) is 1.31. The highest BCUT2D eigenvalue weighted by molar-refractivity contribution is 5.18. The SMILES string of the molecule is Cc1oncc1OCCCN. The van der Waals surface area contributed by atoms with Crippen LogP contribution in [0.15, 0.2) is 10.7 Å². The molecule has 1 heterocycles. The maximum atomic E-state index is 5.29. The van der Waals surface area contributed by atoms with E-state index >= 15 is 0 Å². The second-order valence-corrected chi connectivity index (χ2v) is 2.24. The Morgan fingerprint density at radius 3 is 3.09 bits per heavy atom. The lowest BCUT2D eigenvalue weighted by molar-refractivity contribution is 0.303. The zero-order valence-electron chi connectivity index (χ0n) is 6.54. The predicted molar refractivity (Wildman–Crippen MR) is 40.4 cm³/mol. The smallest absolute Gasteiger partial charge is 0.181 e. The van der Waals surface area contributed by atoms with Crippen molar-refractivity contribution in [3.8, 4) is 5.75 Å². The first kappa shape index (κ1) is 8.07. The molecule has 0 unspecified atom stereocenters. The molecule has 0 fully saturated rings. The maximum Gasteiger partial charge on any atom is 0.181 e. The summed E-state index contributed by atoms with van der Waals surface area (Å²) in [5.74, 6) is 1.42. The van der Waals surface area contributed by atoms with E-state index in [1.165, 1.54) is 0 Å². The van der Waals surface area contributed by atoms with Crippen LogP contribution in [0.5, 0.6) is 5.75 Å². The summed E-state index contributed by atoms with van der Waals surface area (Å²) in [6.45, 7) is 3.08. The standard InChI is InChI=1S/C7H12N2O2/c1-6-7(5-9-11-6)10-4-2-3-8/h5H,2-4,8H2,1H3. The molecule has 0 spiro atoms. The fraction of sp³-hybridized carbons (Fsp3) is 0.571. The molecule has 4 nitrogen and oxygen atoms in total. The Bertz CT molecular complexity index is 210. The van der Waals surface area contributed by atoms with Gasteiger partial charge in [-0.2, -0.15) is 0 Å². The molecular weight excluding hydrogens is 144 g/mol. The Balaban J connectivity index is 2.32. The summed E-state index contributed by atoms with van der Waals surface area (Å²) < 4.78 is 10.1. The molecule has 0 amide bonds. The second-order valence-electron chi connectivity index (χ2n) is 2.24. The second kappa shape index (κ2) is 3.98. The zero-order valence-corrected chi connectivity index (χ0v) is 6.54. The van der Waals surface area contributed by atoms with Gasteiger partial charge < -0.3 is 15.0 Å². The number of nitrogens with two attached hydrogens (primary N) is 1. The van der Waals surface area contributed by atoms with Crippen molar-refractivity contribution in [3.05, 3.63) is 12.0 Å². The van der Waals surface area contributed by atoms with Gasteiger partial charge in [0.2, 0.25) is 0 Å². The number of ether oxygens (including phenoxy) is 1. The number of aryl methyl sites for hydroxylation is 1. The summed E-state index contributed by atoms with van der Waals surface area (Å²) in [5.41, 5.74) is 5.29. The van der Waals surface area contributed by atoms with Crippen LogP contribution < -0.4 is 10.5 Å². The van der Waals surface area contributed by atoms with Gasteiger partial charge in [-0.15, -0.1) is 0 Å². The molecule has 62 valence electrons. The summed E-state index contributed by atoms with van der Waals surface area (Å²) in [5, 5.41) is 3.57. The molecule has 1 rings (SSSR count). The van der Waals surface area contributed by atoms with Gasteiger partial charge in [-0.25, -0.2) is 0 Å². The largest absolute Gasteiger partial charge is 0.488 e. The van der Waals surface area contributed by atoms with Crippen LogP contribution in [-0.2, 0) is 0 Å². The van der Waals surface area contributed by atoms with Crippen LogP contribution in [-0.4, -0.2) is 18.3 Å². The molecule has 0 bridgehead atoms. The highest BCUT2D eigenvalue weighted by Crippen LogP contribution is 2.15. The van der Waals surface area contributed by atoms with Crippen molar-refractivity contribution in [2.45, 2.75) is 13.3 Å². The summed E-state index contributed by atoms with van der Waals surface area (Å²) in [6, 6.07) is 0. The minimum Gasteiger partial charge on any atom is -0.488 e. The van der Waals surface area contributed by atoms with Crippen molar-refractivity contribution >= 4 is 0 Å². The third-order valence-corrected chi connectivity index (χ3v) is 1.31. The molecule has 0 saturated heterocycles. The third kappa shape index (κ3) is 2.23. The highest BCUT2D eigenvalue weighted by Gasteiger charge is 2.01. The maximum absolute atomic E-state index is 5.29. The van der Waals surface area contributed by atoms with E-state index in [9.17, 15) is 0 Å². The Morgan fingerprint density at radius 2 is 2.55 bits per heavy atom. The molecule has 0 aliphatic heterocycles. The summed E-state index contributed by atoms with van der Waals surface area (Å²) in [4.78, 5) is 0. The van der Waals surface area contributed by atoms with E-state index in [1.54, 1.807) is 6.20 Å². The van der Waals surface area contributed by atoms with Crippen molar-refractivity contribution < 1.29 is 9.26 Å². The Kier molecular flexibility index (Phi) is 2.92. The van der Waals surface area contributed by atoms with Crippen molar-refractivity contribution in [1.29, 1.82) is 0 Å². The van der Waals surface area contributed by atoms with Crippen LogP contribution in [0, 0.1) is 6.92 Å². The minimum absolute atomic E-state index is 0.624. The first-order valence-corrected chi connectivity index (χ1v) is 3.58. The Hall–Kier alpha value is -1.03. The van der Waals surface area contributed by atoms with Gasteiger partial charge in [0.25, 0.3) is 0 Å². The minimum atomic E-state index is 0.624. The van der Waals surface area contributed by atoms with Gasteiger partial charge in [-0.3, -0.25) is 0 Å². The van der Waals surface area contributed by atoms with E-state index in [2.05, 4.69) is 5.16 Å². The lowest BCUT2D eigenvalue weighted by Gasteiger charge is -2.00. The molecule has 0 aliphatic rings. The van der Waals surface area contributed by atoms with Crippen LogP contribution in [0.4, 0.5) is 0 Å². The van der Waals surface area contributed by atoms with Gasteiger partial charge in [0, 0.05) is 6.92 Å². The molecule has 2 N–H and O–H groups in total. The number of hydrogen-bond donors (Lipinski definition) is 1. The van der Waals surface area contributed by atoms with Gasteiger partial charge in [0.15, 0.2) is 11.5 Å². The quantitative estimate of drug-likeness (QED) is 0.652. The van der Waals surface area contributed by atoms with Crippen molar-refractivity contribution in [1.82, 2.24) is 5.16 Å². The highest BCUT2D eigenvalue weighted by atomic mass is 16.5. The number of rotatable bonds is 4. The molecule has 0 radical (unpaired) electrons. The average molecular weight is 156 g/mol. The molecule has 1 aromatic heterocycles. The normalized spacial score (nSPS) is 10.0. The molecule has 1 aromatic rings. The first-order chi connectivity index (χ1) is 5.34. The Labute approximate surface area is 65.3 Å². The van der Waals surface area contributed by atoms with Gasteiger partial charge in [-0.05, 0) is 13.0 Å². The van der Waals surface area contributed by atoms with E-state index in [4.69, 9.17) is 15.0 Å². The molecule has 0 aromatic carbocycles. The molecule has 0 aliphatic carbocycles. The average Bonchev–Trinajstić information content (AvgIpc) is 2.37. The fourth-order valence-corrected chi connectivity index (χ4v) is 0.694. The van der Waals surface area contributed by atoms with Gasteiger partial charge in [0.1, 0.15) is 6.20 Å². The summed E-state index contributed by atoms with van der Waals surface area (Å²) in [6.07, 6.45) is 2.41. The Morgan fingerprint density at radius 1 is 1.73 bits per heavy atom. The van der Waals surface area contributed by atoms with Crippen molar-refractivity contribution in [2.75, 3.05) is 13.2 Å². The lowest BCUT2D eigenvalue weighted by atomic mass is 10.4. The number of nitrogens with zero attached hydrogens (tertiary/aromatic N) is 1. The molecule has 0 atom stereocenters. The number of hydrogen-bond acceptors (Lipinski definition) is 4. The monoisotopic (exact) mass is 156 g/mol. The van der Waals surface area contributed by atoms with E-state index in [0.29, 0.717) is 24.7 Å². The summed E-state index contributed by atoms with van der Waals surface area (Å²) in [7, 11) is 0. The van der Waals surface area contributed by atoms with Crippen LogP contribution in [0.2, 0.25) is 0 Å². The first-order valence-electron chi connectivity index (χ1n) is 3.58. The van der Waals surface area contributed by atoms with Crippen LogP contribution in [0.25, 0.3) is 0 Å². The predicted octanol–water partition coefficient (Wildman–Crippen LogP) is 0.711. The molecule has 0 saturated carbocycles. The van der Waals surface area contributed by atoms with Crippen molar-refractivity contribution in [3.63, 3.8) is 0 Å². The number of aromatic nitrogens is 1. The molecule has 11 heavy (non-hydrogen) atoms. The fourth-order valence-electron chi connectivity index (χ4n) is 0.694. The van der Waals surface area contributed by atoms with Gasteiger partial charge in [-0.1, -0.05) is 5.16 Å². The van der Waals surface area contributed by atoms with Gasteiger partial charge in [0.05, 0.1) is 6.61 Å². The topological polar surface area (TPSA) is 61.3 Å². The van der Waals surface area contributed by atoms with Gasteiger partial charge >= 0.3 is 0 Å². The van der Waals surface area contributed by atoms with Crippen LogP contribution in [0.3, 0.4) is 0 Å². The molecule has 4 heteroatoms.